The van der Waals surface area contributed by atoms with Gasteiger partial charge in [0.2, 0.25) is 0 Å². The number of hydrogen-bond acceptors (Lipinski definition) is 3. The molecule has 0 saturated carbocycles. The summed E-state index contributed by atoms with van der Waals surface area (Å²) >= 11 is 5.85. The molecule has 148 valence electrons. The number of anilines is 1. The highest BCUT2D eigenvalue weighted by atomic mass is 32.1. The van der Waals surface area contributed by atoms with Crippen molar-refractivity contribution in [1.29, 1.82) is 0 Å². The van der Waals surface area contributed by atoms with Gasteiger partial charge in [0.25, 0.3) is 0 Å². The normalized spacial score (nSPS) is 20.4. The maximum atomic E-state index is 5.85. The van der Waals surface area contributed by atoms with E-state index in [0.717, 1.165) is 56.7 Å². The van der Waals surface area contributed by atoms with Gasteiger partial charge in [-0.15, -0.1) is 0 Å². The summed E-state index contributed by atoms with van der Waals surface area (Å²) in [5, 5.41) is 4.38. The van der Waals surface area contributed by atoms with Crippen molar-refractivity contribution in [2.45, 2.75) is 33.1 Å². The predicted molar refractivity (Wildman–Crippen MR) is 117 cm³/mol. The summed E-state index contributed by atoms with van der Waals surface area (Å²) in [5.41, 5.74) is 3.61. The molecule has 1 N–H and O–H groups in total. The minimum atomic E-state index is 0.693. The third-order valence-electron chi connectivity index (χ3n) is 5.57. The fraction of sp³-hybridized carbons (Fsp3) is 0.591. The van der Waals surface area contributed by atoms with E-state index in [1.807, 2.05) is 0 Å². The second kappa shape index (κ2) is 10.2. The Morgan fingerprint density at radius 1 is 1.26 bits per heavy atom. The van der Waals surface area contributed by atoms with Crippen molar-refractivity contribution in [3.8, 4) is 0 Å². The molecule has 1 aromatic carbocycles. The van der Waals surface area contributed by atoms with Crippen LogP contribution in [0.15, 0.2) is 30.4 Å². The third kappa shape index (κ3) is 6.30. The Morgan fingerprint density at radius 3 is 2.81 bits per heavy atom. The Bertz CT molecular complexity index is 655. The average Bonchev–Trinajstić information content (AvgIpc) is 2.69. The van der Waals surface area contributed by atoms with Crippen molar-refractivity contribution in [3.63, 3.8) is 0 Å². The summed E-state index contributed by atoms with van der Waals surface area (Å²) in [6, 6.07) is 6.49. The molecule has 0 unspecified atom stereocenters. The van der Waals surface area contributed by atoms with Crippen molar-refractivity contribution in [2.24, 2.45) is 5.92 Å². The van der Waals surface area contributed by atoms with Crippen LogP contribution in [0.1, 0.15) is 30.4 Å². The van der Waals surface area contributed by atoms with Gasteiger partial charge in [0.15, 0.2) is 5.11 Å². The summed E-state index contributed by atoms with van der Waals surface area (Å²) in [6.07, 6.45) is 8.26. The molecule has 1 fully saturated rings. The van der Waals surface area contributed by atoms with E-state index in [2.05, 4.69) is 59.3 Å². The second-order valence-electron chi connectivity index (χ2n) is 7.80. The fourth-order valence-corrected chi connectivity index (χ4v) is 4.04. The lowest BCUT2D eigenvalue weighted by Crippen LogP contribution is -2.45. The molecule has 0 spiro atoms. The van der Waals surface area contributed by atoms with Gasteiger partial charge >= 0.3 is 0 Å². The second-order valence-corrected chi connectivity index (χ2v) is 8.19. The number of allylic oxidation sites excluding steroid dienone is 2. The molecule has 0 amide bonds. The van der Waals surface area contributed by atoms with Gasteiger partial charge in [0.1, 0.15) is 0 Å². The lowest BCUT2D eigenvalue weighted by atomic mass is 9.94. The van der Waals surface area contributed by atoms with Gasteiger partial charge in [-0.3, -0.25) is 4.90 Å². The van der Waals surface area contributed by atoms with Gasteiger partial charge in [-0.1, -0.05) is 24.3 Å². The van der Waals surface area contributed by atoms with Crippen LogP contribution in [0.3, 0.4) is 0 Å². The average molecular weight is 388 g/mol. The zero-order valence-electron chi connectivity index (χ0n) is 16.7. The molecule has 2 aliphatic rings. The Labute approximate surface area is 169 Å². The molecule has 5 heteroatoms. The molecule has 1 heterocycles. The van der Waals surface area contributed by atoms with E-state index in [-0.39, 0.29) is 0 Å². The zero-order chi connectivity index (χ0) is 19.1. The van der Waals surface area contributed by atoms with Crippen LogP contribution in [-0.2, 0) is 4.74 Å². The summed E-state index contributed by atoms with van der Waals surface area (Å²) in [6.45, 7) is 11.0. The predicted octanol–water partition coefficient (Wildman–Crippen LogP) is 3.99. The molecule has 4 nitrogen and oxygen atoms in total. The van der Waals surface area contributed by atoms with Crippen molar-refractivity contribution < 1.29 is 4.74 Å². The highest BCUT2D eigenvalue weighted by molar-refractivity contribution is 7.80. The Balaban J connectivity index is 1.63. The molecule has 1 saturated heterocycles. The summed E-state index contributed by atoms with van der Waals surface area (Å²) in [7, 11) is 0. The number of benzene rings is 1. The highest BCUT2D eigenvalue weighted by Gasteiger charge is 2.19. The molecule has 27 heavy (non-hydrogen) atoms. The SMILES string of the molecule is Cc1ccc(C)c(NC(=S)N(CCN2CCOCC2)C[C@@H]2CC=CCC2)c1. The molecule has 1 aliphatic heterocycles. The van der Waals surface area contributed by atoms with Crippen molar-refractivity contribution in [3.05, 3.63) is 41.5 Å². The van der Waals surface area contributed by atoms with Gasteiger partial charge in [-0.25, -0.2) is 0 Å². The van der Waals surface area contributed by atoms with Gasteiger partial charge in [0, 0.05) is 38.4 Å². The molecule has 0 radical (unpaired) electrons. The summed E-state index contributed by atoms with van der Waals surface area (Å²) in [4.78, 5) is 4.87. The number of morpholine rings is 1. The first-order valence-corrected chi connectivity index (χ1v) is 10.6. The molecular formula is C22H33N3OS. The minimum absolute atomic E-state index is 0.693. The van der Waals surface area contributed by atoms with Gasteiger partial charge in [0.05, 0.1) is 13.2 Å². The Kier molecular flexibility index (Phi) is 7.68. The highest BCUT2D eigenvalue weighted by Crippen LogP contribution is 2.21. The molecule has 3 rings (SSSR count). The van der Waals surface area contributed by atoms with Crippen LogP contribution in [0.25, 0.3) is 0 Å². The van der Waals surface area contributed by atoms with Crippen molar-refractivity contribution in [1.82, 2.24) is 9.80 Å². The number of rotatable bonds is 6. The van der Waals surface area contributed by atoms with Crippen molar-refractivity contribution in [2.75, 3.05) is 51.3 Å². The maximum absolute atomic E-state index is 5.85. The third-order valence-corrected chi connectivity index (χ3v) is 5.93. The first-order chi connectivity index (χ1) is 13.1. The number of ether oxygens (including phenoxy) is 1. The van der Waals surface area contributed by atoms with Crippen LogP contribution in [0.5, 0.6) is 0 Å². The molecule has 1 aliphatic carbocycles. The van der Waals surface area contributed by atoms with E-state index in [9.17, 15) is 0 Å². The monoisotopic (exact) mass is 387 g/mol. The van der Waals surface area contributed by atoms with Crippen LogP contribution in [0.2, 0.25) is 0 Å². The van der Waals surface area contributed by atoms with Gasteiger partial charge < -0.3 is 15.0 Å². The largest absolute Gasteiger partial charge is 0.379 e. The van der Waals surface area contributed by atoms with Crippen LogP contribution >= 0.6 is 12.2 Å². The molecular weight excluding hydrogens is 354 g/mol. The standard InChI is InChI=1S/C22H33N3OS/c1-18-8-9-19(2)21(16-18)23-22(27)25(17-20-6-4-3-5-7-20)11-10-24-12-14-26-15-13-24/h3-4,8-9,16,20H,5-7,10-15,17H2,1-2H3,(H,23,27)/t20-/m1/s1. The number of nitrogens with one attached hydrogen (secondary N) is 1. The minimum Gasteiger partial charge on any atom is -0.379 e. The summed E-state index contributed by atoms with van der Waals surface area (Å²) in [5.74, 6) is 0.693. The quantitative estimate of drug-likeness (QED) is 0.588. The van der Waals surface area contributed by atoms with Gasteiger partial charge in [-0.05, 0) is 68.4 Å². The smallest absolute Gasteiger partial charge is 0.173 e. The lowest BCUT2D eigenvalue weighted by molar-refractivity contribution is 0.0356. The number of hydrogen-bond donors (Lipinski definition) is 1. The number of thiocarbonyl (C=S) groups is 1. The van der Waals surface area contributed by atoms with Crippen LogP contribution < -0.4 is 5.32 Å². The Hall–Kier alpha value is -1.43. The molecule has 1 atom stereocenters. The summed E-state index contributed by atoms with van der Waals surface area (Å²) < 4.78 is 5.48. The van der Waals surface area contributed by atoms with E-state index >= 15 is 0 Å². The molecule has 1 aromatic rings. The zero-order valence-corrected chi connectivity index (χ0v) is 17.6. The molecule has 0 aromatic heterocycles. The van der Waals surface area contributed by atoms with Crippen LogP contribution in [0.4, 0.5) is 5.69 Å². The van der Waals surface area contributed by atoms with Crippen LogP contribution in [0, 0.1) is 19.8 Å². The maximum Gasteiger partial charge on any atom is 0.173 e. The van der Waals surface area contributed by atoms with E-state index in [1.165, 1.54) is 30.4 Å². The topological polar surface area (TPSA) is 27.7 Å². The van der Waals surface area contributed by atoms with E-state index in [1.54, 1.807) is 0 Å². The number of aryl methyl sites for hydroxylation is 2. The van der Waals surface area contributed by atoms with Gasteiger partial charge in [-0.2, -0.15) is 0 Å². The van der Waals surface area contributed by atoms with Crippen LogP contribution in [-0.4, -0.2) is 60.8 Å². The Morgan fingerprint density at radius 2 is 2.07 bits per heavy atom. The van der Waals surface area contributed by atoms with E-state index in [0.29, 0.717) is 5.92 Å². The first kappa shape index (κ1) is 20.3. The number of nitrogens with zero attached hydrogens (tertiary/aromatic N) is 2. The fourth-order valence-electron chi connectivity index (χ4n) is 3.76. The van der Waals surface area contributed by atoms with E-state index in [4.69, 9.17) is 17.0 Å². The molecule has 0 bridgehead atoms. The lowest BCUT2D eigenvalue weighted by Gasteiger charge is -2.34. The van der Waals surface area contributed by atoms with E-state index < -0.39 is 0 Å². The first-order valence-electron chi connectivity index (χ1n) is 10.2. The van der Waals surface area contributed by atoms with Crippen molar-refractivity contribution >= 4 is 23.0 Å².